The Hall–Kier alpha value is -2.97. The summed E-state index contributed by atoms with van der Waals surface area (Å²) in [4.78, 5) is 38.0. The molecule has 2 aliphatic rings. The molecule has 3 amide bonds. The maximum absolute atomic E-state index is 12.4. The standard InChI is InChI=1S/C19H20F2N2O5/c1-27-15-8-11(6-7-14(15)28-19(20)21)9-22-16(24)10-23-17(25)12-4-2-3-5-13(12)18(23)26/h2-3,6-8,12-13,19H,4-5,9-10H2,1H3,(H,22,24)/t12-,13-/m0/s1. The van der Waals surface area contributed by atoms with E-state index in [-0.39, 0.29) is 48.2 Å². The Labute approximate surface area is 160 Å². The molecule has 1 aromatic rings. The van der Waals surface area contributed by atoms with E-state index in [9.17, 15) is 23.2 Å². The molecule has 1 N–H and O–H groups in total. The van der Waals surface area contributed by atoms with Crippen molar-refractivity contribution in [3.8, 4) is 11.5 Å². The number of methoxy groups -OCH3 is 1. The number of likely N-dealkylation sites (tertiary alicyclic amines) is 1. The molecule has 0 unspecified atom stereocenters. The summed E-state index contributed by atoms with van der Waals surface area (Å²) in [6, 6.07) is 4.29. The van der Waals surface area contributed by atoms with Gasteiger partial charge in [-0.05, 0) is 30.5 Å². The first kappa shape index (κ1) is 19.8. The SMILES string of the molecule is COc1cc(CNC(=O)CN2C(=O)[C@H]3CC=CC[C@@H]3C2=O)ccc1OC(F)F. The predicted octanol–water partition coefficient (Wildman–Crippen LogP) is 1.86. The Morgan fingerprint density at radius 1 is 1.18 bits per heavy atom. The van der Waals surface area contributed by atoms with Gasteiger partial charge in [0.15, 0.2) is 11.5 Å². The summed E-state index contributed by atoms with van der Waals surface area (Å²) in [5.41, 5.74) is 0.587. The second kappa shape index (κ2) is 8.37. The maximum Gasteiger partial charge on any atom is 0.387 e. The summed E-state index contributed by atoms with van der Waals surface area (Å²) in [5.74, 6) is -1.88. The van der Waals surface area contributed by atoms with Crippen molar-refractivity contribution in [2.24, 2.45) is 11.8 Å². The summed E-state index contributed by atoms with van der Waals surface area (Å²) in [7, 11) is 1.31. The van der Waals surface area contributed by atoms with Crippen LogP contribution in [0.15, 0.2) is 30.4 Å². The predicted molar refractivity (Wildman–Crippen MR) is 93.5 cm³/mol. The van der Waals surface area contributed by atoms with E-state index in [4.69, 9.17) is 4.74 Å². The number of imide groups is 1. The molecule has 1 fully saturated rings. The van der Waals surface area contributed by atoms with Gasteiger partial charge in [0.1, 0.15) is 6.54 Å². The number of alkyl halides is 2. The molecule has 150 valence electrons. The van der Waals surface area contributed by atoms with E-state index in [0.717, 1.165) is 4.90 Å². The molecule has 0 saturated carbocycles. The number of hydrogen-bond donors (Lipinski definition) is 1. The van der Waals surface area contributed by atoms with Gasteiger partial charge in [-0.1, -0.05) is 18.2 Å². The lowest BCUT2D eigenvalue weighted by Gasteiger charge is -2.15. The molecule has 0 bridgehead atoms. The Bertz CT molecular complexity index is 786. The Balaban J connectivity index is 1.57. The average Bonchev–Trinajstić information content (AvgIpc) is 2.92. The number of rotatable bonds is 7. The summed E-state index contributed by atoms with van der Waals surface area (Å²) in [5, 5.41) is 2.61. The zero-order valence-electron chi connectivity index (χ0n) is 15.2. The number of carbonyl (C=O) groups is 3. The van der Waals surface area contributed by atoms with Crippen LogP contribution in [0.25, 0.3) is 0 Å². The highest BCUT2D eigenvalue weighted by atomic mass is 19.3. The fourth-order valence-electron chi connectivity index (χ4n) is 3.44. The van der Waals surface area contributed by atoms with Gasteiger partial charge in [0, 0.05) is 6.54 Å². The van der Waals surface area contributed by atoms with Crippen LogP contribution in [0.3, 0.4) is 0 Å². The van der Waals surface area contributed by atoms with Crippen LogP contribution >= 0.6 is 0 Å². The number of halogens is 2. The van der Waals surface area contributed by atoms with Crippen LogP contribution in [0.2, 0.25) is 0 Å². The molecule has 1 heterocycles. The molecular formula is C19H20F2N2O5. The molecular weight excluding hydrogens is 374 g/mol. The highest BCUT2D eigenvalue weighted by Crippen LogP contribution is 2.34. The second-order valence-electron chi connectivity index (χ2n) is 6.56. The summed E-state index contributed by atoms with van der Waals surface area (Å²) < 4.78 is 34.1. The van der Waals surface area contributed by atoms with E-state index in [2.05, 4.69) is 10.1 Å². The minimum atomic E-state index is -2.98. The third-order valence-corrected chi connectivity index (χ3v) is 4.83. The van der Waals surface area contributed by atoms with Crippen LogP contribution in [0.1, 0.15) is 18.4 Å². The van der Waals surface area contributed by atoms with E-state index in [1.807, 2.05) is 12.2 Å². The zero-order chi connectivity index (χ0) is 20.3. The lowest BCUT2D eigenvalue weighted by atomic mass is 9.85. The van der Waals surface area contributed by atoms with E-state index < -0.39 is 12.5 Å². The number of nitrogens with one attached hydrogen (secondary N) is 1. The lowest BCUT2D eigenvalue weighted by molar-refractivity contribution is -0.143. The van der Waals surface area contributed by atoms with Crippen LogP contribution in [0.4, 0.5) is 8.78 Å². The molecule has 0 radical (unpaired) electrons. The van der Waals surface area contributed by atoms with Gasteiger partial charge in [-0.3, -0.25) is 19.3 Å². The van der Waals surface area contributed by atoms with Crippen molar-refractivity contribution in [3.63, 3.8) is 0 Å². The largest absolute Gasteiger partial charge is 0.493 e. The number of carbonyl (C=O) groups excluding carboxylic acids is 3. The number of nitrogens with zero attached hydrogens (tertiary/aromatic N) is 1. The smallest absolute Gasteiger partial charge is 0.387 e. The van der Waals surface area contributed by atoms with Crippen LogP contribution in [0.5, 0.6) is 11.5 Å². The number of allylic oxidation sites excluding steroid dienone is 2. The molecule has 2 atom stereocenters. The van der Waals surface area contributed by atoms with Crippen molar-refractivity contribution < 1.29 is 32.6 Å². The molecule has 1 aliphatic carbocycles. The van der Waals surface area contributed by atoms with Crippen LogP contribution in [-0.2, 0) is 20.9 Å². The van der Waals surface area contributed by atoms with Crippen LogP contribution < -0.4 is 14.8 Å². The van der Waals surface area contributed by atoms with Crippen molar-refractivity contribution in [2.75, 3.05) is 13.7 Å². The fourth-order valence-corrected chi connectivity index (χ4v) is 3.44. The van der Waals surface area contributed by atoms with Crippen molar-refractivity contribution in [1.29, 1.82) is 0 Å². The van der Waals surface area contributed by atoms with Crippen molar-refractivity contribution in [1.82, 2.24) is 10.2 Å². The van der Waals surface area contributed by atoms with E-state index >= 15 is 0 Å². The number of hydrogen-bond acceptors (Lipinski definition) is 5. The van der Waals surface area contributed by atoms with Crippen LogP contribution in [-0.4, -0.2) is 42.9 Å². The Morgan fingerprint density at radius 2 is 1.82 bits per heavy atom. The molecule has 1 aromatic carbocycles. The summed E-state index contributed by atoms with van der Waals surface area (Å²) >= 11 is 0. The molecule has 9 heteroatoms. The molecule has 7 nitrogen and oxygen atoms in total. The maximum atomic E-state index is 12.4. The van der Waals surface area contributed by atoms with Crippen molar-refractivity contribution in [3.05, 3.63) is 35.9 Å². The first-order valence-corrected chi connectivity index (χ1v) is 8.79. The first-order valence-electron chi connectivity index (χ1n) is 8.79. The third kappa shape index (κ3) is 4.13. The molecule has 1 aliphatic heterocycles. The minimum Gasteiger partial charge on any atom is -0.493 e. The third-order valence-electron chi connectivity index (χ3n) is 4.83. The Kier molecular flexibility index (Phi) is 5.91. The highest BCUT2D eigenvalue weighted by Gasteiger charge is 2.47. The van der Waals surface area contributed by atoms with Crippen molar-refractivity contribution in [2.45, 2.75) is 26.0 Å². The number of ether oxygens (including phenoxy) is 2. The molecule has 1 saturated heterocycles. The zero-order valence-corrected chi connectivity index (χ0v) is 15.2. The van der Waals surface area contributed by atoms with E-state index in [1.165, 1.54) is 25.3 Å². The van der Waals surface area contributed by atoms with Gasteiger partial charge in [-0.25, -0.2) is 0 Å². The van der Waals surface area contributed by atoms with Gasteiger partial charge in [-0.15, -0.1) is 0 Å². The molecule has 0 spiro atoms. The molecule has 0 aromatic heterocycles. The fraction of sp³-hybridized carbons (Fsp3) is 0.421. The van der Waals surface area contributed by atoms with Gasteiger partial charge in [0.25, 0.3) is 0 Å². The molecule has 28 heavy (non-hydrogen) atoms. The Morgan fingerprint density at radius 3 is 2.39 bits per heavy atom. The van der Waals surface area contributed by atoms with Crippen molar-refractivity contribution >= 4 is 17.7 Å². The summed E-state index contributed by atoms with van der Waals surface area (Å²) in [6.07, 6.45) is 4.79. The van der Waals surface area contributed by atoms with Gasteiger partial charge in [0.2, 0.25) is 17.7 Å². The van der Waals surface area contributed by atoms with Gasteiger partial charge >= 0.3 is 6.61 Å². The molecule has 3 rings (SSSR count). The normalized spacial score (nSPS) is 21.1. The number of fused-ring (bicyclic) bond motifs is 1. The van der Waals surface area contributed by atoms with Gasteiger partial charge in [0.05, 0.1) is 18.9 Å². The minimum absolute atomic E-state index is 0.0782. The van der Waals surface area contributed by atoms with Gasteiger partial charge in [-0.2, -0.15) is 8.78 Å². The average molecular weight is 394 g/mol. The first-order chi connectivity index (χ1) is 13.4. The van der Waals surface area contributed by atoms with Crippen LogP contribution in [0, 0.1) is 11.8 Å². The monoisotopic (exact) mass is 394 g/mol. The quantitative estimate of drug-likeness (QED) is 0.564. The lowest BCUT2D eigenvalue weighted by Crippen LogP contribution is -2.40. The van der Waals surface area contributed by atoms with Gasteiger partial charge < -0.3 is 14.8 Å². The number of benzene rings is 1. The van der Waals surface area contributed by atoms with E-state index in [0.29, 0.717) is 18.4 Å². The highest BCUT2D eigenvalue weighted by molar-refractivity contribution is 6.07. The second-order valence-corrected chi connectivity index (χ2v) is 6.56. The topological polar surface area (TPSA) is 84.9 Å². The summed E-state index contributed by atoms with van der Waals surface area (Å²) in [6.45, 7) is -3.24. The van der Waals surface area contributed by atoms with E-state index in [1.54, 1.807) is 0 Å². The number of amides is 3.